The SMILES string of the molecule is Cc1cc(C2(c3ccc(F)c(-c4cncc(Cl)c4)c3)COC(N)=N2)ccc1OS(C)(=O)=O. The fourth-order valence-electron chi connectivity index (χ4n) is 3.62. The van der Waals surface area contributed by atoms with E-state index in [0.717, 1.165) is 6.26 Å². The van der Waals surface area contributed by atoms with Crippen LogP contribution in [0.2, 0.25) is 5.02 Å². The van der Waals surface area contributed by atoms with Gasteiger partial charge in [-0.1, -0.05) is 23.7 Å². The predicted octanol–water partition coefficient (Wildman–Crippen LogP) is 3.78. The van der Waals surface area contributed by atoms with Gasteiger partial charge in [0, 0.05) is 23.5 Å². The summed E-state index contributed by atoms with van der Waals surface area (Å²) < 4.78 is 48.3. The lowest BCUT2D eigenvalue weighted by molar-refractivity contribution is 0.278. The molecule has 0 radical (unpaired) electrons. The zero-order valence-corrected chi connectivity index (χ0v) is 18.7. The van der Waals surface area contributed by atoms with Crippen molar-refractivity contribution < 1.29 is 21.7 Å². The van der Waals surface area contributed by atoms with E-state index in [2.05, 4.69) is 9.98 Å². The van der Waals surface area contributed by atoms with Crippen molar-refractivity contribution in [1.29, 1.82) is 0 Å². The number of aromatic nitrogens is 1. The van der Waals surface area contributed by atoms with Gasteiger partial charge in [-0.2, -0.15) is 8.42 Å². The molecule has 1 aliphatic rings. The van der Waals surface area contributed by atoms with Crippen molar-refractivity contribution in [2.24, 2.45) is 10.7 Å². The molecule has 1 unspecified atom stereocenters. The smallest absolute Gasteiger partial charge is 0.306 e. The molecular formula is C22H19ClFN3O4S. The number of hydrogen-bond donors (Lipinski definition) is 1. The van der Waals surface area contributed by atoms with E-state index < -0.39 is 21.5 Å². The summed E-state index contributed by atoms with van der Waals surface area (Å²) in [4.78, 5) is 8.57. The number of amidine groups is 1. The highest BCUT2D eigenvalue weighted by atomic mass is 35.5. The monoisotopic (exact) mass is 475 g/mol. The van der Waals surface area contributed by atoms with Gasteiger partial charge in [-0.25, -0.2) is 9.38 Å². The molecule has 0 fully saturated rings. The number of aliphatic imine (C=N–C) groups is 1. The standard InChI is InChI=1S/C22H19ClFN3O4S/c1-13-7-15(4-6-20(13)31-32(2,28)29)22(12-30-21(25)27-22)16-3-5-19(24)18(9-16)14-8-17(23)11-26-10-14/h3-11H,12H2,1-2H3,(H2,25,27). The summed E-state index contributed by atoms with van der Waals surface area (Å²) in [5, 5.41) is 0.380. The molecule has 3 aromatic rings. The first-order valence-corrected chi connectivity index (χ1v) is 11.7. The van der Waals surface area contributed by atoms with Crippen LogP contribution in [0, 0.1) is 12.7 Å². The first-order chi connectivity index (χ1) is 15.1. The van der Waals surface area contributed by atoms with E-state index in [1.165, 1.54) is 18.5 Å². The number of nitrogens with two attached hydrogens (primary N) is 1. The average Bonchev–Trinajstić information content (AvgIpc) is 3.12. The Morgan fingerprint density at radius 1 is 1.16 bits per heavy atom. The summed E-state index contributed by atoms with van der Waals surface area (Å²) in [5.74, 6) is -0.246. The number of nitrogens with zero attached hydrogens (tertiary/aromatic N) is 2. The number of rotatable bonds is 5. The van der Waals surface area contributed by atoms with Crippen molar-refractivity contribution in [3.05, 3.63) is 82.4 Å². The Bertz CT molecular complexity index is 1350. The minimum Gasteiger partial charge on any atom is -0.462 e. The van der Waals surface area contributed by atoms with Crippen molar-refractivity contribution in [3.8, 4) is 16.9 Å². The van der Waals surface area contributed by atoms with Gasteiger partial charge in [0.15, 0.2) is 5.54 Å². The Morgan fingerprint density at radius 2 is 1.88 bits per heavy atom. The van der Waals surface area contributed by atoms with Gasteiger partial charge in [0.2, 0.25) is 0 Å². The molecule has 0 amide bonds. The molecule has 10 heteroatoms. The van der Waals surface area contributed by atoms with E-state index in [1.807, 2.05) is 0 Å². The minimum absolute atomic E-state index is 0.00517. The van der Waals surface area contributed by atoms with Crippen molar-refractivity contribution in [1.82, 2.24) is 4.98 Å². The molecule has 0 saturated heterocycles. The third kappa shape index (κ3) is 4.26. The zero-order valence-electron chi connectivity index (χ0n) is 17.2. The Morgan fingerprint density at radius 3 is 2.50 bits per heavy atom. The second-order valence-corrected chi connectivity index (χ2v) is 9.46. The molecular weight excluding hydrogens is 457 g/mol. The summed E-state index contributed by atoms with van der Waals surface area (Å²) in [5.41, 5.74) is 7.49. The molecule has 4 rings (SSSR count). The molecule has 0 spiro atoms. The summed E-state index contributed by atoms with van der Waals surface area (Å²) >= 11 is 6.04. The van der Waals surface area contributed by atoms with Crippen molar-refractivity contribution in [3.63, 3.8) is 0 Å². The first kappa shape index (κ1) is 22.0. The third-order valence-electron chi connectivity index (χ3n) is 5.08. The van der Waals surface area contributed by atoms with Crippen LogP contribution >= 0.6 is 11.6 Å². The van der Waals surface area contributed by atoms with Crippen LogP contribution in [-0.4, -0.2) is 32.3 Å². The Kier molecular flexibility index (Phi) is 5.56. The molecule has 2 heterocycles. The summed E-state index contributed by atoms with van der Waals surface area (Å²) in [6, 6.07) is 11.2. The van der Waals surface area contributed by atoms with Crippen molar-refractivity contribution in [2.75, 3.05) is 12.9 Å². The number of hydrogen-bond acceptors (Lipinski definition) is 7. The maximum Gasteiger partial charge on any atom is 0.306 e. The lowest BCUT2D eigenvalue weighted by Crippen LogP contribution is -2.27. The normalized spacial score (nSPS) is 18.2. The van der Waals surface area contributed by atoms with Gasteiger partial charge in [0.1, 0.15) is 18.2 Å². The summed E-state index contributed by atoms with van der Waals surface area (Å²) in [6.07, 6.45) is 3.96. The van der Waals surface area contributed by atoms with Crippen LogP contribution in [0.25, 0.3) is 11.1 Å². The molecule has 32 heavy (non-hydrogen) atoms. The fraction of sp³-hybridized carbons (Fsp3) is 0.182. The lowest BCUT2D eigenvalue weighted by atomic mass is 9.82. The summed E-state index contributed by atoms with van der Waals surface area (Å²) in [6.45, 7) is 1.80. The fourth-order valence-corrected chi connectivity index (χ4v) is 4.31. The molecule has 1 atom stereocenters. The van der Waals surface area contributed by atoms with Crippen LogP contribution in [0.1, 0.15) is 16.7 Å². The van der Waals surface area contributed by atoms with E-state index in [4.69, 9.17) is 26.3 Å². The number of pyridine rings is 1. The van der Waals surface area contributed by atoms with E-state index in [-0.39, 0.29) is 18.4 Å². The zero-order chi connectivity index (χ0) is 23.1. The predicted molar refractivity (Wildman–Crippen MR) is 120 cm³/mol. The molecule has 0 aliphatic carbocycles. The summed E-state index contributed by atoms with van der Waals surface area (Å²) in [7, 11) is -3.68. The topological polar surface area (TPSA) is 104 Å². The van der Waals surface area contributed by atoms with Crippen LogP contribution in [-0.2, 0) is 20.4 Å². The Labute approximate surface area is 189 Å². The highest BCUT2D eigenvalue weighted by Gasteiger charge is 2.41. The Hall–Kier alpha value is -3.17. The second-order valence-electron chi connectivity index (χ2n) is 7.45. The van der Waals surface area contributed by atoms with Gasteiger partial charge in [-0.3, -0.25) is 4.98 Å². The molecule has 0 bridgehead atoms. The Balaban J connectivity index is 1.86. The van der Waals surface area contributed by atoms with E-state index >= 15 is 0 Å². The van der Waals surface area contributed by atoms with Crippen molar-refractivity contribution in [2.45, 2.75) is 12.5 Å². The van der Waals surface area contributed by atoms with Gasteiger partial charge in [-0.05, 0) is 53.9 Å². The van der Waals surface area contributed by atoms with Gasteiger partial charge in [0.25, 0.3) is 6.02 Å². The van der Waals surface area contributed by atoms with E-state index in [1.54, 1.807) is 43.3 Å². The van der Waals surface area contributed by atoms with Crippen LogP contribution in [0.5, 0.6) is 5.75 Å². The van der Waals surface area contributed by atoms with Crippen LogP contribution in [0.3, 0.4) is 0 Å². The van der Waals surface area contributed by atoms with Crippen LogP contribution < -0.4 is 9.92 Å². The maximum atomic E-state index is 14.7. The van der Waals surface area contributed by atoms with Crippen LogP contribution in [0.4, 0.5) is 4.39 Å². The molecule has 0 saturated carbocycles. The minimum atomic E-state index is -3.68. The van der Waals surface area contributed by atoms with Gasteiger partial charge >= 0.3 is 10.1 Å². The molecule has 1 aliphatic heterocycles. The molecule has 166 valence electrons. The van der Waals surface area contributed by atoms with Gasteiger partial charge in [-0.15, -0.1) is 0 Å². The average molecular weight is 476 g/mol. The number of halogens is 2. The molecule has 2 N–H and O–H groups in total. The van der Waals surface area contributed by atoms with Gasteiger partial charge < -0.3 is 14.7 Å². The van der Waals surface area contributed by atoms with E-state index in [0.29, 0.717) is 32.8 Å². The van der Waals surface area contributed by atoms with Gasteiger partial charge in [0.05, 0.1) is 11.3 Å². The lowest BCUT2D eigenvalue weighted by Gasteiger charge is -2.26. The largest absolute Gasteiger partial charge is 0.462 e. The quantitative estimate of drug-likeness (QED) is 0.563. The first-order valence-electron chi connectivity index (χ1n) is 9.47. The van der Waals surface area contributed by atoms with Crippen molar-refractivity contribution >= 4 is 27.7 Å². The van der Waals surface area contributed by atoms with E-state index in [9.17, 15) is 12.8 Å². The molecule has 1 aromatic heterocycles. The maximum absolute atomic E-state index is 14.7. The highest BCUT2D eigenvalue weighted by molar-refractivity contribution is 7.86. The third-order valence-corrected chi connectivity index (χ3v) is 5.77. The highest BCUT2D eigenvalue weighted by Crippen LogP contribution is 2.41. The second kappa shape index (κ2) is 8.07. The molecule has 2 aromatic carbocycles. The number of aryl methyl sites for hydroxylation is 1. The number of benzene rings is 2. The number of ether oxygens (including phenoxy) is 1. The molecule has 7 nitrogen and oxygen atoms in total. The van der Waals surface area contributed by atoms with Crippen LogP contribution in [0.15, 0.2) is 59.9 Å².